The number of likely N-dealkylation sites (tertiary alicyclic amines) is 1. The highest BCUT2D eigenvalue weighted by atomic mass is 19.1. The lowest BCUT2D eigenvalue weighted by Crippen LogP contribution is -2.49. The standard InChI is InChI=1S/C17H23FN2O/c18-15-6-2-1-5-14(15)8-7-13-4-3-11-20(12-13)16(21)17(19)9-10-17/h1-2,5-6,13H,3-4,7-12,19H2. The molecule has 21 heavy (non-hydrogen) atoms. The summed E-state index contributed by atoms with van der Waals surface area (Å²) in [5.74, 6) is 0.461. The summed E-state index contributed by atoms with van der Waals surface area (Å²) < 4.78 is 13.6. The molecule has 1 atom stereocenters. The van der Waals surface area contributed by atoms with Crippen molar-refractivity contribution in [2.75, 3.05) is 13.1 Å². The Hall–Kier alpha value is -1.42. The van der Waals surface area contributed by atoms with Gasteiger partial charge in [0, 0.05) is 13.1 Å². The van der Waals surface area contributed by atoms with Crippen molar-refractivity contribution < 1.29 is 9.18 Å². The van der Waals surface area contributed by atoms with Crippen LogP contribution in [0.3, 0.4) is 0 Å². The first-order chi connectivity index (χ1) is 10.1. The second-order valence-electron chi connectivity index (χ2n) is 6.55. The molecule has 1 aliphatic heterocycles. The van der Waals surface area contributed by atoms with Crippen LogP contribution in [0.1, 0.15) is 37.7 Å². The molecule has 1 heterocycles. The fourth-order valence-corrected chi connectivity index (χ4v) is 3.21. The summed E-state index contributed by atoms with van der Waals surface area (Å²) in [5.41, 5.74) is 6.22. The minimum atomic E-state index is -0.562. The van der Waals surface area contributed by atoms with Crippen LogP contribution in [0.4, 0.5) is 4.39 Å². The van der Waals surface area contributed by atoms with Crippen LogP contribution in [-0.4, -0.2) is 29.4 Å². The van der Waals surface area contributed by atoms with Crippen LogP contribution in [0.2, 0.25) is 0 Å². The van der Waals surface area contributed by atoms with Crippen LogP contribution in [0, 0.1) is 11.7 Å². The monoisotopic (exact) mass is 290 g/mol. The van der Waals surface area contributed by atoms with Crippen LogP contribution in [0.25, 0.3) is 0 Å². The van der Waals surface area contributed by atoms with Crippen molar-refractivity contribution in [2.24, 2.45) is 11.7 Å². The Kier molecular flexibility index (Phi) is 3.98. The summed E-state index contributed by atoms with van der Waals surface area (Å²) in [6, 6.07) is 6.95. The number of nitrogens with zero attached hydrogens (tertiary/aromatic N) is 1. The highest BCUT2D eigenvalue weighted by molar-refractivity contribution is 5.89. The van der Waals surface area contributed by atoms with Crippen molar-refractivity contribution >= 4 is 5.91 Å². The van der Waals surface area contributed by atoms with Gasteiger partial charge in [-0.05, 0) is 56.1 Å². The van der Waals surface area contributed by atoms with Crippen LogP contribution >= 0.6 is 0 Å². The molecule has 1 amide bonds. The number of piperidine rings is 1. The van der Waals surface area contributed by atoms with Crippen molar-refractivity contribution in [1.29, 1.82) is 0 Å². The summed E-state index contributed by atoms with van der Waals surface area (Å²) in [5, 5.41) is 0. The van der Waals surface area contributed by atoms with Gasteiger partial charge in [0.25, 0.3) is 0 Å². The number of benzene rings is 1. The fourth-order valence-electron chi connectivity index (χ4n) is 3.21. The van der Waals surface area contributed by atoms with Crippen molar-refractivity contribution in [3.63, 3.8) is 0 Å². The molecule has 1 aliphatic carbocycles. The Morgan fingerprint density at radius 3 is 2.86 bits per heavy atom. The number of halogens is 1. The number of hydrogen-bond donors (Lipinski definition) is 1. The summed E-state index contributed by atoms with van der Waals surface area (Å²) in [6.45, 7) is 1.61. The Morgan fingerprint density at radius 2 is 2.14 bits per heavy atom. The van der Waals surface area contributed by atoms with Gasteiger partial charge in [-0.25, -0.2) is 4.39 Å². The normalized spacial score (nSPS) is 23.9. The number of hydrogen-bond acceptors (Lipinski definition) is 2. The minimum absolute atomic E-state index is 0.123. The smallest absolute Gasteiger partial charge is 0.242 e. The largest absolute Gasteiger partial charge is 0.341 e. The number of nitrogens with two attached hydrogens (primary N) is 1. The summed E-state index contributed by atoms with van der Waals surface area (Å²) in [4.78, 5) is 14.2. The lowest BCUT2D eigenvalue weighted by Gasteiger charge is -2.34. The van der Waals surface area contributed by atoms with Gasteiger partial charge in [0.05, 0.1) is 5.54 Å². The Labute approximate surface area is 125 Å². The van der Waals surface area contributed by atoms with Gasteiger partial charge in [0.15, 0.2) is 0 Å². The van der Waals surface area contributed by atoms with Gasteiger partial charge in [-0.3, -0.25) is 4.79 Å². The topological polar surface area (TPSA) is 46.3 Å². The molecule has 0 bridgehead atoms. The second-order valence-corrected chi connectivity index (χ2v) is 6.55. The number of carbonyl (C=O) groups is 1. The minimum Gasteiger partial charge on any atom is -0.341 e. The first-order valence-corrected chi connectivity index (χ1v) is 7.90. The van der Waals surface area contributed by atoms with Gasteiger partial charge in [-0.1, -0.05) is 18.2 Å². The highest BCUT2D eigenvalue weighted by Crippen LogP contribution is 2.35. The van der Waals surface area contributed by atoms with Crippen molar-refractivity contribution in [1.82, 2.24) is 4.90 Å². The number of amides is 1. The van der Waals surface area contributed by atoms with Crippen molar-refractivity contribution in [2.45, 2.75) is 44.1 Å². The number of carbonyl (C=O) groups excluding carboxylic acids is 1. The summed E-state index contributed by atoms with van der Waals surface area (Å²) in [6.07, 6.45) is 5.47. The molecule has 1 saturated heterocycles. The second kappa shape index (κ2) is 5.76. The maximum atomic E-state index is 13.6. The molecule has 0 aromatic heterocycles. The third-order valence-corrected chi connectivity index (χ3v) is 4.80. The zero-order valence-corrected chi connectivity index (χ0v) is 12.4. The third kappa shape index (κ3) is 3.26. The van der Waals surface area contributed by atoms with E-state index in [2.05, 4.69) is 0 Å². The van der Waals surface area contributed by atoms with Gasteiger partial charge >= 0.3 is 0 Å². The Balaban J connectivity index is 1.54. The predicted octanol–water partition coefficient (Wildman–Crippen LogP) is 2.49. The van der Waals surface area contributed by atoms with Gasteiger partial charge in [0.2, 0.25) is 5.91 Å². The quantitative estimate of drug-likeness (QED) is 0.926. The SMILES string of the molecule is NC1(C(=O)N2CCCC(CCc3ccccc3F)C2)CC1. The molecule has 114 valence electrons. The molecular formula is C17H23FN2O. The van der Waals surface area contributed by atoms with E-state index in [1.807, 2.05) is 17.0 Å². The molecule has 1 saturated carbocycles. The van der Waals surface area contributed by atoms with E-state index >= 15 is 0 Å². The molecule has 0 radical (unpaired) electrons. The van der Waals surface area contributed by atoms with Crippen molar-refractivity contribution in [3.8, 4) is 0 Å². The van der Waals surface area contributed by atoms with Crippen LogP contribution in [0.5, 0.6) is 0 Å². The molecule has 0 spiro atoms. The molecule has 2 fully saturated rings. The lowest BCUT2D eigenvalue weighted by molar-refractivity contribution is -0.135. The van der Waals surface area contributed by atoms with Crippen LogP contribution < -0.4 is 5.73 Å². The molecule has 2 aliphatic rings. The van der Waals surface area contributed by atoms with E-state index in [1.54, 1.807) is 6.07 Å². The lowest BCUT2D eigenvalue weighted by atomic mass is 9.91. The Bertz CT molecular complexity index is 527. The molecule has 3 nitrogen and oxygen atoms in total. The molecule has 1 aromatic rings. The summed E-state index contributed by atoms with van der Waals surface area (Å²) in [7, 11) is 0. The molecule has 1 unspecified atom stereocenters. The van der Waals surface area contributed by atoms with E-state index < -0.39 is 5.54 Å². The van der Waals surface area contributed by atoms with E-state index in [9.17, 15) is 9.18 Å². The zero-order valence-electron chi connectivity index (χ0n) is 12.4. The first kappa shape index (κ1) is 14.5. The van der Waals surface area contributed by atoms with E-state index in [0.29, 0.717) is 5.92 Å². The maximum absolute atomic E-state index is 13.6. The number of aryl methyl sites for hydroxylation is 1. The molecular weight excluding hydrogens is 267 g/mol. The van der Waals surface area contributed by atoms with Gasteiger partial charge < -0.3 is 10.6 Å². The third-order valence-electron chi connectivity index (χ3n) is 4.80. The van der Waals surface area contributed by atoms with E-state index in [-0.39, 0.29) is 11.7 Å². The fraction of sp³-hybridized carbons (Fsp3) is 0.588. The maximum Gasteiger partial charge on any atom is 0.242 e. The number of rotatable bonds is 4. The van der Waals surface area contributed by atoms with E-state index in [1.165, 1.54) is 6.07 Å². The van der Waals surface area contributed by atoms with Gasteiger partial charge in [0.1, 0.15) is 5.82 Å². The average molecular weight is 290 g/mol. The molecule has 3 rings (SSSR count). The van der Waals surface area contributed by atoms with Crippen molar-refractivity contribution in [3.05, 3.63) is 35.6 Å². The van der Waals surface area contributed by atoms with Crippen LogP contribution in [-0.2, 0) is 11.2 Å². The van der Waals surface area contributed by atoms with Gasteiger partial charge in [-0.2, -0.15) is 0 Å². The van der Waals surface area contributed by atoms with E-state index in [0.717, 1.165) is 57.2 Å². The highest BCUT2D eigenvalue weighted by Gasteiger charge is 2.48. The summed E-state index contributed by atoms with van der Waals surface area (Å²) >= 11 is 0. The average Bonchev–Trinajstić information content (AvgIpc) is 3.25. The van der Waals surface area contributed by atoms with Crippen LogP contribution in [0.15, 0.2) is 24.3 Å². The molecule has 4 heteroatoms. The molecule has 1 aromatic carbocycles. The Morgan fingerprint density at radius 1 is 1.38 bits per heavy atom. The first-order valence-electron chi connectivity index (χ1n) is 7.90. The zero-order chi connectivity index (χ0) is 14.9. The van der Waals surface area contributed by atoms with E-state index in [4.69, 9.17) is 5.73 Å². The predicted molar refractivity (Wildman–Crippen MR) is 80.2 cm³/mol. The molecule has 2 N–H and O–H groups in total. The van der Waals surface area contributed by atoms with Gasteiger partial charge in [-0.15, -0.1) is 0 Å².